The predicted octanol–water partition coefficient (Wildman–Crippen LogP) is 2.57. The first-order valence-corrected chi connectivity index (χ1v) is 11.5. The molecular formula is C24H35N3O5. The number of carbonyl (C=O) groups is 3. The fourth-order valence-corrected chi connectivity index (χ4v) is 4.04. The molecule has 1 atom stereocenters. The molecule has 1 fully saturated rings. The molecule has 0 bridgehead atoms. The molecular weight excluding hydrogens is 410 g/mol. The third-order valence-corrected chi connectivity index (χ3v) is 5.83. The molecule has 3 amide bonds. The van der Waals surface area contributed by atoms with Crippen molar-refractivity contribution in [1.29, 1.82) is 0 Å². The maximum absolute atomic E-state index is 13.0. The van der Waals surface area contributed by atoms with Crippen LogP contribution in [-0.4, -0.2) is 55.1 Å². The summed E-state index contributed by atoms with van der Waals surface area (Å²) in [6.45, 7) is 10.00. The van der Waals surface area contributed by atoms with Crippen molar-refractivity contribution in [2.45, 2.75) is 53.0 Å². The van der Waals surface area contributed by atoms with Crippen molar-refractivity contribution in [3.8, 4) is 11.5 Å². The molecule has 8 nitrogen and oxygen atoms in total. The summed E-state index contributed by atoms with van der Waals surface area (Å²) in [5.41, 5.74) is 0.417. The minimum atomic E-state index is -0.658. The second kappa shape index (κ2) is 10.7. The molecule has 32 heavy (non-hydrogen) atoms. The van der Waals surface area contributed by atoms with Gasteiger partial charge >= 0.3 is 0 Å². The number of carbonyl (C=O) groups excluding carboxylic acids is 3. The maximum atomic E-state index is 13.0. The van der Waals surface area contributed by atoms with Crippen LogP contribution in [0.3, 0.4) is 0 Å². The summed E-state index contributed by atoms with van der Waals surface area (Å²) in [4.78, 5) is 40.3. The summed E-state index contributed by atoms with van der Waals surface area (Å²) in [5.74, 6) is 1.36. The van der Waals surface area contributed by atoms with E-state index in [9.17, 15) is 14.4 Å². The van der Waals surface area contributed by atoms with E-state index in [-0.39, 0.29) is 30.4 Å². The molecule has 3 rings (SSSR count). The fraction of sp³-hybridized carbons (Fsp3) is 0.625. The summed E-state index contributed by atoms with van der Waals surface area (Å²) < 4.78 is 10.7. The van der Waals surface area contributed by atoms with Crippen molar-refractivity contribution in [3.05, 3.63) is 23.8 Å². The maximum Gasteiger partial charge on any atom is 0.252 e. The molecule has 1 unspecified atom stereocenters. The first kappa shape index (κ1) is 23.9. The summed E-state index contributed by atoms with van der Waals surface area (Å²) in [5, 5.41) is 5.90. The SMILES string of the molecule is CC(C)CNC(=O)C(NC(=O)c1ccc2c(c1)OCO2)C1CCN(C(=O)CC(C)C)CC1. The van der Waals surface area contributed by atoms with E-state index in [1.165, 1.54) is 0 Å². The van der Waals surface area contributed by atoms with Crippen LogP contribution in [0.25, 0.3) is 0 Å². The molecule has 0 saturated carbocycles. The lowest BCUT2D eigenvalue weighted by Gasteiger charge is -2.36. The molecule has 8 heteroatoms. The van der Waals surface area contributed by atoms with Crippen molar-refractivity contribution in [1.82, 2.24) is 15.5 Å². The van der Waals surface area contributed by atoms with Crippen LogP contribution in [0.1, 0.15) is 57.3 Å². The molecule has 2 heterocycles. The van der Waals surface area contributed by atoms with Gasteiger partial charge in [-0.25, -0.2) is 0 Å². The molecule has 1 saturated heterocycles. The van der Waals surface area contributed by atoms with Crippen LogP contribution in [0, 0.1) is 17.8 Å². The number of hydrogen-bond donors (Lipinski definition) is 2. The molecule has 2 aliphatic rings. The molecule has 2 N–H and O–H groups in total. The summed E-state index contributed by atoms with van der Waals surface area (Å²) in [6.07, 6.45) is 1.87. The highest BCUT2D eigenvalue weighted by Gasteiger charge is 2.34. The smallest absolute Gasteiger partial charge is 0.252 e. The molecule has 176 valence electrons. The average molecular weight is 446 g/mol. The van der Waals surface area contributed by atoms with Crippen LogP contribution >= 0.6 is 0 Å². The summed E-state index contributed by atoms with van der Waals surface area (Å²) in [7, 11) is 0. The third-order valence-electron chi connectivity index (χ3n) is 5.83. The molecule has 0 radical (unpaired) electrons. The van der Waals surface area contributed by atoms with E-state index in [0.29, 0.717) is 67.8 Å². The van der Waals surface area contributed by atoms with Crippen LogP contribution in [0.4, 0.5) is 0 Å². The second-order valence-electron chi connectivity index (χ2n) is 9.47. The van der Waals surface area contributed by atoms with Gasteiger partial charge in [-0.3, -0.25) is 14.4 Å². The highest BCUT2D eigenvalue weighted by Crippen LogP contribution is 2.32. The lowest BCUT2D eigenvalue weighted by Crippen LogP contribution is -2.54. The third kappa shape index (κ3) is 6.14. The lowest BCUT2D eigenvalue weighted by atomic mass is 9.88. The Kier molecular flexibility index (Phi) is 7.99. The van der Waals surface area contributed by atoms with Crippen molar-refractivity contribution in [2.24, 2.45) is 17.8 Å². The Bertz CT molecular complexity index is 831. The standard InChI is InChI=1S/C24H35N3O5/c1-15(2)11-21(28)27-9-7-17(8-10-27)22(24(30)25-13-16(3)4)26-23(29)18-5-6-19-20(12-18)32-14-31-19/h5-6,12,15-17,22H,7-11,13-14H2,1-4H3,(H,25,30)(H,26,29). The van der Waals surface area contributed by atoms with Gasteiger partial charge in [0.25, 0.3) is 5.91 Å². The van der Waals surface area contributed by atoms with Gasteiger partial charge in [0.05, 0.1) is 0 Å². The van der Waals surface area contributed by atoms with Crippen LogP contribution < -0.4 is 20.1 Å². The summed E-state index contributed by atoms with van der Waals surface area (Å²) in [6, 6.07) is 4.34. The van der Waals surface area contributed by atoms with Gasteiger partial charge in [-0.1, -0.05) is 27.7 Å². The van der Waals surface area contributed by atoms with Gasteiger partial charge in [0.15, 0.2) is 11.5 Å². The van der Waals surface area contributed by atoms with E-state index in [2.05, 4.69) is 10.6 Å². The first-order valence-electron chi connectivity index (χ1n) is 11.5. The molecule has 0 aromatic heterocycles. The van der Waals surface area contributed by atoms with Crippen LogP contribution in [0.15, 0.2) is 18.2 Å². The zero-order chi connectivity index (χ0) is 23.3. The number of piperidine rings is 1. The number of ether oxygens (including phenoxy) is 2. The van der Waals surface area contributed by atoms with Crippen molar-refractivity contribution in [3.63, 3.8) is 0 Å². The Hall–Kier alpha value is -2.77. The Balaban J connectivity index is 1.68. The van der Waals surface area contributed by atoms with E-state index < -0.39 is 6.04 Å². The largest absolute Gasteiger partial charge is 0.454 e. The Morgan fingerprint density at radius 1 is 1.03 bits per heavy atom. The topological polar surface area (TPSA) is 97.0 Å². The molecule has 1 aromatic carbocycles. The Morgan fingerprint density at radius 2 is 1.72 bits per heavy atom. The number of amides is 3. The number of hydrogen-bond acceptors (Lipinski definition) is 5. The monoisotopic (exact) mass is 445 g/mol. The second-order valence-corrected chi connectivity index (χ2v) is 9.47. The number of nitrogens with one attached hydrogen (secondary N) is 2. The van der Waals surface area contributed by atoms with Gasteiger partial charge in [-0.05, 0) is 48.8 Å². The number of benzene rings is 1. The zero-order valence-corrected chi connectivity index (χ0v) is 19.5. The van der Waals surface area contributed by atoms with Crippen molar-refractivity contribution >= 4 is 17.7 Å². The van der Waals surface area contributed by atoms with Gasteiger partial charge in [-0.15, -0.1) is 0 Å². The van der Waals surface area contributed by atoms with Crippen LogP contribution in [0.5, 0.6) is 11.5 Å². The van der Waals surface area contributed by atoms with Gasteiger partial charge in [0, 0.05) is 31.6 Å². The minimum Gasteiger partial charge on any atom is -0.454 e. The number of fused-ring (bicyclic) bond motifs is 1. The summed E-state index contributed by atoms with van der Waals surface area (Å²) >= 11 is 0. The number of nitrogens with zero attached hydrogens (tertiary/aromatic N) is 1. The predicted molar refractivity (Wildman–Crippen MR) is 120 cm³/mol. The Labute approximate surface area is 190 Å². The quantitative estimate of drug-likeness (QED) is 0.641. The van der Waals surface area contributed by atoms with Gasteiger partial charge in [-0.2, -0.15) is 0 Å². The van der Waals surface area contributed by atoms with Gasteiger partial charge in [0.1, 0.15) is 6.04 Å². The van der Waals surface area contributed by atoms with E-state index >= 15 is 0 Å². The van der Waals surface area contributed by atoms with Crippen molar-refractivity contribution in [2.75, 3.05) is 26.4 Å². The molecule has 1 aromatic rings. The molecule has 0 aliphatic carbocycles. The zero-order valence-electron chi connectivity index (χ0n) is 19.5. The first-order chi connectivity index (χ1) is 15.2. The average Bonchev–Trinajstić information content (AvgIpc) is 3.23. The Morgan fingerprint density at radius 3 is 2.38 bits per heavy atom. The van der Waals surface area contributed by atoms with E-state index in [1.54, 1.807) is 18.2 Å². The minimum absolute atomic E-state index is 0.0387. The highest BCUT2D eigenvalue weighted by molar-refractivity contribution is 5.98. The van der Waals surface area contributed by atoms with E-state index in [1.807, 2.05) is 32.6 Å². The van der Waals surface area contributed by atoms with Crippen LogP contribution in [0.2, 0.25) is 0 Å². The van der Waals surface area contributed by atoms with E-state index in [4.69, 9.17) is 9.47 Å². The van der Waals surface area contributed by atoms with Crippen molar-refractivity contribution < 1.29 is 23.9 Å². The van der Waals surface area contributed by atoms with Crippen LogP contribution in [-0.2, 0) is 9.59 Å². The molecule has 2 aliphatic heterocycles. The normalized spacial score (nSPS) is 16.9. The lowest BCUT2D eigenvalue weighted by molar-refractivity contribution is -0.133. The van der Waals surface area contributed by atoms with Gasteiger partial charge in [0.2, 0.25) is 18.6 Å². The highest BCUT2D eigenvalue weighted by atomic mass is 16.7. The van der Waals surface area contributed by atoms with Gasteiger partial charge < -0.3 is 25.0 Å². The van der Waals surface area contributed by atoms with E-state index in [0.717, 1.165) is 0 Å². The number of likely N-dealkylation sites (tertiary alicyclic amines) is 1. The molecule has 0 spiro atoms. The fourth-order valence-electron chi connectivity index (χ4n) is 4.04. The number of rotatable bonds is 8.